The number of anilines is 1. The highest BCUT2D eigenvalue weighted by Gasteiger charge is 2.26. The van der Waals surface area contributed by atoms with Crippen molar-refractivity contribution in [2.24, 2.45) is 0 Å². The molecule has 1 aliphatic rings. The van der Waals surface area contributed by atoms with Crippen LogP contribution in [-0.4, -0.2) is 45.1 Å². The number of methoxy groups -OCH3 is 1. The summed E-state index contributed by atoms with van der Waals surface area (Å²) in [7, 11) is 1.64. The van der Waals surface area contributed by atoms with Gasteiger partial charge in [-0.25, -0.2) is 4.39 Å². The Hall–Kier alpha value is -2.22. The highest BCUT2D eigenvalue weighted by Crippen LogP contribution is 2.15. The van der Waals surface area contributed by atoms with Gasteiger partial charge in [0.1, 0.15) is 30.7 Å². The molecule has 0 amide bonds. The van der Waals surface area contributed by atoms with Crippen molar-refractivity contribution >= 4 is 23.0 Å². The lowest BCUT2D eigenvalue weighted by Gasteiger charge is -2.32. The molecular formula is C20H25FN3O2S+. The van der Waals surface area contributed by atoms with Gasteiger partial charge < -0.3 is 25.0 Å². The smallest absolute Gasteiger partial charge is 0.171 e. The fraction of sp³-hybridized carbons (Fsp3) is 0.350. The number of hydrogen-bond acceptors (Lipinski definition) is 3. The molecule has 0 aliphatic carbocycles. The van der Waals surface area contributed by atoms with E-state index in [2.05, 4.69) is 10.6 Å². The molecule has 0 bridgehead atoms. The topological polar surface area (TPSA) is 47.0 Å². The molecule has 0 radical (unpaired) electrons. The maximum absolute atomic E-state index is 13.3. The van der Waals surface area contributed by atoms with E-state index >= 15 is 0 Å². The third-order valence-electron chi connectivity index (χ3n) is 4.71. The Morgan fingerprint density at radius 1 is 1.15 bits per heavy atom. The molecule has 3 N–H and O–H groups in total. The number of hydrogen-bond donors (Lipinski definition) is 3. The first-order valence-electron chi connectivity index (χ1n) is 9.02. The SMILES string of the molecule is COc1ccc(NC(=S)NC[C@H](c2ccc(F)cc2)[NH+]2CCOCC2)cc1. The molecule has 5 nitrogen and oxygen atoms in total. The van der Waals surface area contributed by atoms with Crippen molar-refractivity contribution in [3.63, 3.8) is 0 Å². The number of rotatable bonds is 6. The van der Waals surface area contributed by atoms with E-state index in [1.807, 2.05) is 36.4 Å². The summed E-state index contributed by atoms with van der Waals surface area (Å²) in [6, 6.07) is 14.5. The number of quaternary nitrogens is 1. The van der Waals surface area contributed by atoms with Gasteiger partial charge in [-0.1, -0.05) is 12.1 Å². The summed E-state index contributed by atoms with van der Waals surface area (Å²) in [4.78, 5) is 1.41. The molecule has 1 heterocycles. The highest BCUT2D eigenvalue weighted by atomic mass is 32.1. The molecule has 0 saturated carbocycles. The first kappa shape index (κ1) is 19.5. The Morgan fingerprint density at radius 3 is 2.44 bits per heavy atom. The van der Waals surface area contributed by atoms with Crippen LogP contribution < -0.4 is 20.3 Å². The van der Waals surface area contributed by atoms with Crippen molar-refractivity contribution in [3.8, 4) is 5.75 Å². The zero-order chi connectivity index (χ0) is 19.1. The molecule has 2 aromatic rings. The second-order valence-corrected chi connectivity index (χ2v) is 6.85. The van der Waals surface area contributed by atoms with Crippen LogP contribution in [0.3, 0.4) is 0 Å². The number of ether oxygens (including phenoxy) is 2. The Morgan fingerprint density at radius 2 is 1.81 bits per heavy atom. The minimum atomic E-state index is -0.223. The van der Waals surface area contributed by atoms with Crippen LogP contribution >= 0.6 is 12.2 Å². The molecule has 2 aromatic carbocycles. The molecule has 1 fully saturated rings. The second-order valence-electron chi connectivity index (χ2n) is 6.44. The lowest BCUT2D eigenvalue weighted by molar-refractivity contribution is -0.937. The molecule has 27 heavy (non-hydrogen) atoms. The largest absolute Gasteiger partial charge is 0.497 e. The zero-order valence-corrected chi connectivity index (χ0v) is 16.2. The van der Waals surface area contributed by atoms with Gasteiger partial charge in [-0.15, -0.1) is 0 Å². The quantitative estimate of drug-likeness (QED) is 0.657. The number of halogens is 1. The van der Waals surface area contributed by atoms with Crippen LogP contribution in [0.25, 0.3) is 0 Å². The van der Waals surface area contributed by atoms with E-state index in [4.69, 9.17) is 21.7 Å². The van der Waals surface area contributed by atoms with E-state index in [9.17, 15) is 4.39 Å². The molecule has 0 unspecified atom stereocenters. The highest BCUT2D eigenvalue weighted by molar-refractivity contribution is 7.80. The Labute approximate surface area is 164 Å². The van der Waals surface area contributed by atoms with Gasteiger partial charge in [-0.2, -0.15) is 0 Å². The lowest BCUT2D eigenvalue weighted by Crippen LogP contribution is -3.15. The van der Waals surface area contributed by atoms with Crippen molar-refractivity contribution in [3.05, 3.63) is 59.9 Å². The molecule has 7 heteroatoms. The number of benzene rings is 2. The molecule has 1 saturated heterocycles. The lowest BCUT2D eigenvalue weighted by atomic mass is 10.0. The van der Waals surface area contributed by atoms with E-state index in [0.717, 1.165) is 43.3 Å². The number of thiocarbonyl (C=S) groups is 1. The van der Waals surface area contributed by atoms with Crippen molar-refractivity contribution in [1.82, 2.24) is 5.32 Å². The molecule has 0 spiro atoms. The molecule has 1 atom stereocenters. The number of morpholine rings is 1. The Kier molecular flexibility index (Phi) is 6.98. The van der Waals surface area contributed by atoms with Gasteiger partial charge in [0.05, 0.1) is 26.9 Å². The Balaban J connectivity index is 1.62. The fourth-order valence-electron chi connectivity index (χ4n) is 3.22. The maximum atomic E-state index is 13.3. The van der Waals surface area contributed by atoms with Gasteiger partial charge in [0, 0.05) is 11.3 Å². The van der Waals surface area contributed by atoms with E-state index in [1.165, 1.54) is 17.0 Å². The normalized spacial score (nSPS) is 15.8. The van der Waals surface area contributed by atoms with Gasteiger partial charge in [0.15, 0.2) is 5.11 Å². The van der Waals surface area contributed by atoms with E-state index in [1.54, 1.807) is 7.11 Å². The third-order valence-corrected chi connectivity index (χ3v) is 4.96. The van der Waals surface area contributed by atoms with Gasteiger partial charge in [-0.3, -0.25) is 0 Å². The van der Waals surface area contributed by atoms with Crippen LogP contribution in [0.5, 0.6) is 5.75 Å². The number of nitrogens with one attached hydrogen (secondary N) is 3. The van der Waals surface area contributed by atoms with Gasteiger partial charge >= 0.3 is 0 Å². The average Bonchev–Trinajstić information content (AvgIpc) is 2.71. The first-order valence-corrected chi connectivity index (χ1v) is 9.43. The summed E-state index contributed by atoms with van der Waals surface area (Å²) >= 11 is 5.44. The van der Waals surface area contributed by atoms with Crippen molar-refractivity contribution in [1.29, 1.82) is 0 Å². The standard InChI is InChI=1S/C20H24FN3O2S/c1-25-18-8-6-17(7-9-18)23-20(27)22-14-19(24-10-12-26-13-11-24)15-2-4-16(21)5-3-15/h2-9,19H,10-14H2,1H3,(H2,22,23,27)/p+1/t19-/m1/s1. The third kappa shape index (κ3) is 5.63. The second kappa shape index (κ2) is 9.64. The monoisotopic (exact) mass is 390 g/mol. The van der Waals surface area contributed by atoms with E-state index in [-0.39, 0.29) is 11.9 Å². The first-order chi connectivity index (χ1) is 13.2. The maximum Gasteiger partial charge on any atom is 0.171 e. The minimum absolute atomic E-state index is 0.171. The average molecular weight is 391 g/mol. The van der Waals surface area contributed by atoms with Crippen LogP contribution in [0.1, 0.15) is 11.6 Å². The molecule has 0 aromatic heterocycles. The van der Waals surface area contributed by atoms with Gasteiger partial charge in [-0.05, 0) is 48.6 Å². The summed E-state index contributed by atoms with van der Waals surface area (Å²) in [5, 5.41) is 7.04. The van der Waals surface area contributed by atoms with Crippen LogP contribution in [-0.2, 0) is 4.74 Å². The summed E-state index contributed by atoms with van der Waals surface area (Å²) in [5.41, 5.74) is 1.98. The van der Waals surface area contributed by atoms with Crippen LogP contribution in [0.2, 0.25) is 0 Å². The predicted molar refractivity (Wildman–Crippen MR) is 108 cm³/mol. The molecule has 144 valence electrons. The molecular weight excluding hydrogens is 365 g/mol. The van der Waals surface area contributed by atoms with E-state index < -0.39 is 0 Å². The predicted octanol–water partition coefficient (Wildman–Crippen LogP) is 1.78. The van der Waals surface area contributed by atoms with Crippen molar-refractivity contribution in [2.45, 2.75) is 6.04 Å². The van der Waals surface area contributed by atoms with E-state index in [0.29, 0.717) is 11.7 Å². The zero-order valence-electron chi connectivity index (χ0n) is 15.3. The van der Waals surface area contributed by atoms with Crippen molar-refractivity contribution < 1.29 is 18.8 Å². The fourth-order valence-corrected chi connectivity index (χ4v) is 3.42. The van der Waals surface area contributed by atoms with Crippen LogP contribution in [0.15, 0.2) is 48.5 Å². The van der Waals surface area contributed by atoms with Crippen molar-refractivity contribution in [2.75, 3.05) is 45.3 Å². The minimum Gasteiger partial charge on any atom is -0.497 e. The van der Waals surface area contributed by atoms with Gasteiger partial charge in [0.25, 0.3) is 0 Å². The summed E-state index contributed by atoms with van der Waals surface area (Å²) in [5.74, 6) is 0.575. The Bertz CT molecular complexity index is 734. The van der Waals surface area contributed by atoms with Crippen LogP contribution in [0, 0.1) is 5.82 Å². The molecule has 3 rings (SSSR count). The van der Waals surface area contributed by atoms with Crippen LogP contribution in [0.4, 0.5) is 10.1 Å². The molecule has 1 aliphatic heterocycles. The van der Waals surface area contributed by atoms with Gasteiger partial charge in [0.2, 0.25) is 0 Å². The summed E-state index contributed by atoms with van der Waals surface area (Å²) in [6.07, 6.45) is 0. The summed E-state index contributed by atoms with van der Waals surface area (Å²) < 4.78 is 24.0. The summed E-state index contributed by atoms with van der Waals surface area (Å²) in [6.45, 7) is 3.97.